The molecule has 0 aliphatic carbocycles. The van der Waals surface area contributed by atoms with E-state index in [4.69, 9.17) is 21.3 Å². The average molecular weight is 484 g/mol. The van der Waals surface area contributed by atoms with Gasteiger partial charge in [-0.25, -0.2) is 15.0 Å². The molecule has 0 bridgehead atoms. The van der Waals surface area contributed by atoms with Crippen molar-refractivity contribution in [1.82, 2.24) is 24.4 Å². The fourth-order valence-electron chi connectivity index (χ4n) is 4.02. The van der Waals surface area contributed by atoms with Gasteiger partial charge in [0.2, 0.25) is 0 Å². The molecule has 12 nitrogen and oxygen atoms in total. The summed E-state index contributed by atoms with van der Waals surface area (Å²) in [5.41, 5.74) is 13.3. The molecule has 0 radical (unpaired) electrons. The van der Waals surface area contributed by atoms with E-state index in [-0.39, 0.29) is 18.8 Å². The molecule has 5 atom stereocenters. The molecule has 0 spiro atoms. The Kier molecular flexibility index (Phi) is 7.68. The van der Waals surface area contributed by atoms with Gasteiger partial charge in [0, 0.05) is 19.6 Å². The molecule has 1 aliphatic heterocycles. The van der Waals surface area contributed by atoms with E-state index in [1.165, 1.54) is 17.2 Å². The maximum absolute atomic E-state index is 11.2. The Morgan fingerprint density at radius 3 is 2.71 bits per heavy atom. The zero-order valence-corrected chi connectivity index (χ0v) is 19.0. The molecule has 35 heavy (non-hydrogen) atoms. The van der Waals surface area contributed by atoms with E-state index >= 15 is 0 Å². The summed E-state index contributed by atoms with van der Waals surface area (Å²) in [6.07, 6.45) is 2.72. The lowest BCUT2D eigenvalue weighted by Crippen LogP contribution is -2.42. The SMILES string of the molecule is Nc1ncnc2c1ncn2[C@@H]1O[C@H](CN(C/C=C/c2ccccc2)CC[C@H](N)C(=O)O)[C@@H](O)[C@H]1O. The van der Waals surface area contributed by atoms with Crippen LogP contribution in [0.4, 0.5) is 5.82 Å². The molecule has 1 saturated heterocycles. The van der Waals surface area contributed by atoms with Crippen LogP contribution in [0.5, 0.6) is 0 Å². The Morgan fingerprint density at radius 1 is 1.20 bits per heavy atom. The lowest BCUT2D eigenvalue weighted by atomic mass is 10.1. The van der Waals surface area contributed by atoms with E-state index in [1.54, 1.807) is 0 Å². The van der Waals surface area contributed by atoms with Crippen LogP contribution in [0.25, 0.3) is 17.2 Å². The van der Waals surface area contributed by atoms with Crippen molar-refractivity contribution in [3.05, 3.63) is 54.6 Å². The van der Waals surface area contributed by atoms with E-state index in [1.807, 2.05) is 47.4 Å². The Balaban J connectivity index is 1.48. The van der Waals surface area contributed by atoms with Crippen molar-refractivity contribution in [3.8, 4) is 0 Å². The van der Waals surface area contributed by atoms with Crippen molar-refractivity contribution in [2.24, 2.45) is 5.73 Å². The summed E-state index contributed by atoms with van der Waals surface area (Å²) in [6.45, 7) is 1.06. The number of ether oxygens (including phenoxy) is 1. The molecule has 12 heteroatoms. The highest BCUT2D eigenvalue weighted by atomic mass is 16.6. The second-order valence-corrected chi connectivity index (χ2v) is 8.44. The van der Waals surface area contributed by atoms with Crippen LogP contribution >= 0.6 is 0 Å². The van der Waals surface area contributed by atoms with E-state index in [0.717, 1.165) is 5.56 Å². The van der Waals surface area contributed by atoms with E-state index < -0.39 is 36.6 Å². The monoisotopic (exact) mass is 483 g/mol. The molecular weight excluding hydrogens is 454 g/mol. The van der Waals surface area contributed by atoms with Crippen molar-refractivity contribution < 1.29 is 24.9 Å². The summed E-state index contributed by atoms with van der Waals surface area (Å²) in [7, 11) is 0. The van der Waals surface area contributed by atoms with Crippen molar-refractivity contribution in [2.75, 3.05) is 25.4 Å². The van der Waals surface area contributed by atoms with Crippen LogP contribution in [0.1, 0.15) is 18.2 Å². The maximum atomic E-state index is 11.2. The molecule has 1 fully saturated rings. The molecule has 186 valence electrons. The van der Waals surface area contributed by atoms with Crippen LogP contribution in [0.2, 0.25) is 0 Å². The van der Waals surface area contributed by atoms with Crippen LogP contribution in [0, 0.1) is 0 Å². The molecule has 1 aliphatic rings. The zero-order valence-electron chi connectivity index (χ0n) is 19.0. The number of carboxylic acid groups (broad SMARTS) is 1. The van der Waals surface area contributed by atoms with Crippen molar-refractivity contribution in [1.29, 1.82) is 0 Å². The second kappa shape index (κ2) is 10.9. The van der Waals surface area contributed by atoms with Crippen LogP contribution in [-0.4, -0.2) is 89.7 Å². The van der Waals surface area contributed by atoms with Crippen LogP contribution in [0.15, 0.2) is 49.1 Å². The van der Waals surface area contributed by atoms with Crippen molar-refractivity contribution in [2.45, 2.75) is 37.0 Å². The third-order valence-electron chi connectivity index (χ3n) is 5.98. The van der Waals surface area contributed by atoms with Gasteiger partial charge in [-0.1, -0.05) is 42.5 Å². The normalized spacial score (nSPS) is 23.4. The highest BCUT2D eigenvalue weighted by Gasteiger charge is 2.44. The number of anilines is 1. The molecule has 0 amide bonds. The fourth-order valence-corrected chi connectivity index (χ4v) is 4.02. The van der Waals surface area contributed by atoms with Gasteiger partial charge in [0.05, 0.1) is 6.33 Å². The highest BCUT2D eigenvalue weighted by molar-refractivity contribution is 5.81. The zero-order chi connectivity index (χ0) is 24.9. The number of imidazole rings is 1. The van der Waals surface area contributed by atoms with E-state index in [9.17, 15) is 15.0 Å². The highest BCUT2D eigenvalue weighted by Crippen LogP contribution is 2.32. The second-order valence-electron chi connectivity index (χ2n) is 8.44. The number of nitrogen functional groups attached to an aromatic ring is 1. The molecule has 3 aromatic rings. The third-order valence-corrected chi connectivity index (χ3v) is 5.98. The minimum Gasteiger partial charge on any atom is -0.480 e. The number of aliphatic carboxylic acids is 1. The van der Waals surface area contributed by atoms with Crippen LogP contribution in [-0.2, 0) is 9.53 Å². The predicted octanol–water partition coefficient (Wildman–Crippen LogP) is -0.155. The molecule has 0 unspecified atom stereocenters. The standard InChI is InChI=1S/C23H29N7O5/c24-15(23(33)34)8-10-29(9-4-7-14-5-2-1-3-6-14)11-16-18(31)19(32)22(35-16)30-13-28-17-20(25)26-12-27-21(17)30/h1-7,12-13,15-16,18-19,22,31-32H,8-11,24H2,(H,33,34)(H2,25,26,27)/b7-4+/t15-,16+,18+,19+,22+/m0/s1. The van der Waals surface area contributed by atoms with Gasteiger partial charge in [-0.2, -0.15) is 0 Å². The number of fused-ring (bicyclic) bond motifs is 1. The summed E-state index contributed by atoms with van der Waals surface area (Å²) in [5.74, 6) is -0.879. The average Bonchev–Trinajstić information content (AvgIpc) is 3.40. The molecule has 4 rings (SSSR count). The number of hydrogen-bond donors (Lipinski definition) is 5. The summed E-state index contributed by atoms with van der Waals surface area (Å²) in [5, 5.41) is 30.6. The van der Waals surface area contributed by atoms with Gasteiger partial charge in [-0.05, 0) is 12.0 Å². The van der Waals surface area contributed by atoms with E-state index in [2.05, 4.69) is 15.0 Å². The van der Waals surface area contributed by atoms with Gasteiger partial charge in [0.15, 0.2) is 17.7 Å². The number of aliphatic hydroxyl groups excluding tert-OH is 2. The number of aromatic nitrogens is 4. The van der Waals surface area contributed by atoms with Crippen molar-refractivity contribution in [3.63, 3.8) is 0 Å². The number of rotatable bonds is 10. The van der Waals surface area contributed by atoms with Gasteiger partial charge in [0.1, 0.15) is 36.2 Å². The number of carboxylic acids is 1. The van der Waals surface area contributed by atoms with Gasteiger partial charge in [0.25, 0.3) is 0 Å². The quantitative estimate of drug-likeness (QED) is 0.258. The summed E-state index contributed by atoms with van der Waals surface area (Å²) < 4.78 is 7.55. The van der Waals surface area contributed by atoms with Crippen molar-refractivity contribution >= 4 is 29.0 Å². The Labute approximate surface area is 201 Å². The maximum Gasteiger partial charge on any atom is 0.320 e. The van der Waals surface area contributed by atoms with Crippen LogP contribution < -0.4 is 11.5 Å². The van der Waals surface area contributed by atoms with Gasteiger partial charge in [-0.15, -0.1) is 0 Å². The largest absolute Gasteiger partial charge is 0.480 e. The lowest BCUT2D eigenvalue weighted by Gasteiger charge is -2.26. The Morgan fingerprint density at radius 2 is 1.97 bits per heavy atom. The van der Waals surface area contributed by atoms with E-state index in [0.29, 0.717) is 24.3 Å². The minimum atomic E-state index is -1.24. The van der Waals surface area contributed by atoms with Gasteiger partial charge in [-0.3, -0.25) is 14.3 Å². The van der Waals surface area contributed by atoms with Gasteiger partial charge < -0.3 is 31.5 Å². The smallest absolute Gasteiger partial charge is 0.320 e. The predicted molar refractivity (Wildman–Crippen MR) is 128 cm³/mol. The number of carbonyl (C=O) groups is 1. The number of aliphatic hydroxyl groups is 2. The molecule has 1 aromatic carbocycles. The minimum absolute atomic E-state index is 0.199. The number of nitrogens with zero attached hydrogens (tertiary/aromatic N) is 5. The fraction of sp³-hybridized carbons (Fsp3) is 0.391. The summed E-state index contributed by atoms with van der Waals surface area (Å²) >= 11 is 0. The Hall–Kier alpha value is -3.42. The Bertz CT molecular complexity index is 1170. The first-order chi connectivity index (χ1) is 16.8. The lowest BCUT2D eigenvalue weighted by molar-refractivity contribution is -0.138. The first kappa shape index (κ1) is 24.7. The number of hydrogen-bond acceptors (Lipinski definition) is 10. The molecule has 3 heterocycles. The first-order valence-corrected chi connectivity index (χ1v) is 11.2. The topological polar surface area (TPSA) is 186 Å². The number of nitrogens with two attached hydrogens (primary N) is 2. The number of benzene rings is 1. The molecular formula is C23H29N7O5. The summed E-state index contributed by atoms with van der Waals surface area (Å²) in [4.78, 5) is 25.4. The molecule has 0 saturated carbocycles. The molecule has 2 aromatic heterocycles. The van der Waals surface area contributed by atoms with Gasteiger partial charge >= 0.3 is 5.97 Å². The van der Waals surface area contributed by atoms with Crippen LogP contribution in [0.3, 0.4) is 0 Å². The summed E-state index contributed by atoms with van der Waals surface area (Å²) in [6, 6.07) is 8.74. The first-order valence-electron chi connectivity index (χ1n) is 11.2. The third kappa shape index (κ3) is 5.63. The molecule has 7 N–H and O–H groups in total.